The fourth-order valence-corrected chi connectivity index (χ4v) is 6.66. The quantitative estimate of drug-likeness (QED) is 0.294. The van der Waals surface area contributed by atoms with Crippen LogP contribution in [-0.2, 0) is 26.0 Å². The number of aliphatic hydroxyl groups excluding tert-OH is 1. The van der Waals surface area contributed by atoms with Gasteiger partial charge in [-0.3, -0.25) is 0 Å². The van der Waals surface area contributed by atoms with E-state index in [1.54, 1.807) is 30.5 Å². The minimum Gasteiger partial charge on any atom is -0.222 e. The van der Waals surface area contributed by atoms with E-state index in [1.165, 1.54) is 29.5 Å². The molecule has 0 fully saturated rings. The molecule has 3 aromatic rings. The zero-order valence-electron chi connectivity index (χ0n) is 21.6. The molecular weight excluding hydrogens is 591 g/mol. The number of hydrogen-bond acceptors (Lipinski definition) is 9. The van der Waals surface area contributed by atoms with Gasteiger partial charge in [0.25, 0.3) is 0 Å². The number of aliphatic hydroxyl groups is 1. The van der Waals surface area contributed by atoms with E-state index in [0.29, 0.717) is 34.3 Å². The van der Waals surface area contributed by atoms with Gasteiger partial charge in [-0.05, 0) is 0 Å². The second kappa shape index (κ2) is 13.3. The Labute approximate surface area is 230 Å². The van der Waals surface area contributed by atoms with E-state index in [1.807, 2.05) is 30.3 Å². The summed E-state index contributed by atoms with van der Waals surface area (Å²) in [5.74, 6) is -0.948. The molecule has 1 atom stereocenters. The first-order valence-corrected chi connectivity index (χ1v) is 20.0. The van der Waals surface area contributed by atoms with Crippen LogP contribution in [0.15, 0.2) is 48.7 Å². The predicted molar refractivity (Wildman–Crippen MR) is 147 cm³/mol. The number of ether oxygens (including phenoxy) is 1. The summed E-state index contributed by atoms with van der Waals surface area (Å²) in [5, 5.41) is 11.3. The zero-order chi connectivity index (χ0) is 27.9. The number of aryl methyl sites for hydroxylation is 2. The summed E-state index contributed by atoms with van der Waals surface area (Å²) in [7, 11) is -2.20. The van der Waals surface area contributed by atoms with Gasteiger partial charge in [-0.25, -0.2) is 4.98 Å². The van der Waals surface area contributed by atoms with Crippen LogP contribution < -0.4 is 9.46 Å². The van der Waals surface area contributed by atoms with Gasteiger partial charge in [0.1, 0.15) is 0 Å². The molecule has 38 heavy (non-hydrogen) atoms. The van der Waals surface area contributed by atoms with Crippen molar-refractivity contribution in [3.05, 3.63) is 75.4 Å². The zero-order valence-corrected chi connectivity index (χ0v) is 25.1. The number of thiazole rings is 1. The molecule has 1 aromatic carbocycles. The van der Waals surface area contributed by atoms with Crippen molar-refractivity contribution in [2.24, 2.45) is 0 Å². The van der Waals surface area contributed by atoms with Gasteiger partial charge in [0.05, 0.1) is 7.11 Å². The molecule has 204 valence electrons. The van der Waals surface area contributed by atoms with E-state index in [0.717, 1.165) is 12.0 Å². The molecule has 10 nitrogen and oxygen atoms in total. The van der Waals surface area contributed by atoms with Crippen LogP contribution in [0.2, 0.25) is 11.4 Å². The maximum absolute atomic E-state index is 13.4. The molecule has 2 aromatic heterocycles. The van der Waals surface area contributed by atoms with Crippen molar-refractivity contribution in [2.45, 2.75) is 43.8 Å². The summed E-state index contributed by atoms with van der Waals surface area (Å²) in [5.41, 5.74) is 4.69. The fourth-order valence-electron chi connectivity index (χ4n) is 3.53. The second-order valence-electron chi connectivity index (χ2n) is 8.62. The molecule has 2 amide bonds. The molecule has 13 heteroatoms. The Morgan fingerprint density at radius 1 is 1.18 bits per heavy atom. The van der Waals surface area contributed by atoms with E-state index in [4.69, 9.17) is 4.74 Å². The molecule has 0 aliphatic heterocycles. The first-order chi connectivity index (χ1) is 18.0. The number of pyridine rings is 1. The van der Waals surface area contributed by atoms with Crippen LogP contribution in [0.3, 0.4) is 0 Å². The molecule has 0 radical (unpaired) electrons. The number of nitrogens with zero attached hydrogens (tertiary/aromatic N) is 3. The Morgan fingerprint density at radius 3 is 2.50 bits per heavy atom. The Hall–Kier alpha value is -2.79. The van der Waals surface area contributed by atoms with Crippen LogP contribution in [-0.4, -0.2) is 67.4 Å². The number of hydrogen-bond donors (Lipinski definition) is 2. The molecule has 0 spiro atoms. The van der Waals surface area contributed by atoms with Crippen molar-refractivity contribution in [1.82, 2.24) is 19.6 Å². The van der Waals surface area contributed by atoms with Gasteiger partial charge < -0.3 is 4.74 Å². The summed E-state index contributed by atoms with van der Waals surface area (Å²) in [4.78, 5) is 36.5. The molecule has 1 unspecified atom stereocenters. The molecule has 3 rings (SSSR count). The van der Waals surface area contributed by atoms with Crippen molar-refractivity contribution < 1.29 is 27.9 Å². The number of carbonyl (C=O) groups is 2. The standard InChI is InChI=1S/C25H31AsN4O6S2/c1-17-22(24(32)29-38(34,35)26(2)3)28-21(37-17)16-30(14-8-11-18-9-6-5-7-10-18)25(33)23(31)19-12-13-20(36-4)27-15-19/h5-7,9-10,12-13,15,23,31H,8,11,14,16H2,1-4H3,(H,29,32). The summed E-state index contributed by atoms with van der Waals surface area (Å²) in [6, 6.07) is 13.0. The monoisotopic (exact) mass is 622 g/mol. The van der Waals surface area contributed by atoms with Crippen molar-refractivity contribution >= 4 is 44.9 Å². The van der Waals surface area contributed by atoms with E-state index >= 15 is 0 Å². The third-order valence-electron chi connectivity index (χ3n) is 5.65. The van der Waals surface area contributed by atoms with Crippen molar-refractivity contribution in [1.29, 1.82) is 0 Å². The SMILES string of the molecule is COc1ccc(C(O)C(=O)N(CCCc2ccccc2)Cc2nc(C(=O)NS(=O)(=O)[As](C)C)c(C)s2)cn1. The van der Waals surface area contributed by atoms with Gasteiger partial charge in [0.2, 0.25) is 5.88 Å². The first-order valence-electron chi connectivity index (χ1n) is 11.7. The third-order valence-corrected chi connectivity index (χ3v) is 14.6. The minimum absolute atomic E-state index is 0.0148. The van der Waals surface area contributed by atoms with Gasteiger partial charge in [-0.2, -0.15) is 0 Å². The predicted octanol–water partition coefficient (Wildman–Crippen LogP) is 2.86. The van der Waals surface area contributed by atoms with Crippen LogP contribution in [0.25, 0.3) is 0 Å². The van der Waals surface area contributed by atoms with E-state index < -0.39 is 39.7 Å². The van der Waals surface area contributed by atoms with Gasteiger partial charge >= 0.3 is 172 Å². The van der Waals surface area contributed by atoms with E-state index in [-0.39, 0.29) is 12.2 Å². The maximum atomic E-state index is 13.4. The number of rotatable bonds is 12. The number of aromatic nitrogens is 2. The molecule has 2 heterocycles. The molecule has 0 bridgehead atoms. The number of methoxy groups -OCH3 is 1. The average Bonchev–Trinajstić information content (AvgIpc) is 3.27. The van der Waals surface area contributed by atoms with Gasteiger partial charge in [0, 0.05) is 6.07 Å². The van der Waals surface area contributed by atoms with Crippen molar-refractivity contribution in [3.8, 4) is 5.88 Å². The summed E-state index contributed by atoms with van der Waals surface area (Å²) >= 11 is -1.03. The normalized spacial score (nSPS) is 12.3. The smallest absolute Gasteiger partial charge is 0.222 e. The first kappa shape index (κ1) is 29.8. The van der Waals surface area contributed by atoms with E-state index in [9.17, 15) is 23.1 Å². The van der Waals surface area contributed by atoms with Gasteiger partial charge in [-0.15, -0.1) is 0 Å². The molecular formula is C25H31AsN4O6S2. The number of nitrogens with one attached hydrogen (secondary N) is 1. The van der Waals surface area contributed by atoms with Gasteiger partial charge in [-0.1, -0.05) is 30.3 Å². The Bertz CT molecular complexity index is 1350. The van der Waals surface area contributed by atoms with E-state index in [2.05, 4.69) is 14.7 Å². The Kier molecular flexibility index (Phi) is 10.4. The van der Waals surface area contributed by atoms with Crippen LogP contribution in [0.5, 0.6) is 5.88 Å². The fraction of sp³-hybridized carbons (Fsp3) is 0.360. The molecule has 0 aliphatic rings. The summed E-state index contributed by atoms with van der Waals surface area (Å²) in [6.45, 7) is 2.07. The molecule has 0 saturated carbocycles. The average molecular weight is 623 g/mol. The van der Waals surface area contributed by atoms with Crippen LogP contribution in [0, 0.1) is 6.92 Å². The Morgan fingerprint density at radius 2 is 1.89 bits per heavy atom. The van der Waals surface area contributed by atoms with Crippen LogP contribution >= 0.6 is 11.3 Å². The van der Waals surface area contributed by atoms with Crippen LogP contribution in [0.4, 0.5) is 0 Å². The summed E-state index contributed by atoms with van der Waals surface area (Å²) < 4.78 is 31.6. The number of carbonyl (C=O) groups excluding carboxylic acids is 2. The number of benzene rings is 1. The Balaban J connectivity index is 1.80. The van der Waals surface area contributed by atoms with Crippen molar-refractivity contribution in [3.63, 3.8) is 0 Å². The van der Waals surface area contributed by atoms with Gasteiger partial charge in [0.15, 0.2) is 0 Å². The van der Waals surface area contributed by atoms with Crippen molar-refractivity contribution in [2.75, 3.05) is 13.7 Å². The molecule has 0 aliphatic carbocycles. The van der Waals surface area contributed by atoms with Crippen LogP contribution in [0.1, 0.15) is 44.0 Å². The molecule has 0 saturated heterocycles. The third kappa shape index (κ3) is 7.86. The molecule has 2 N–H and O–H groups in total. The summed E-state index contributed by atoms with van der Waals surface area (Å²) in [6.07, 6.45) is 1.30. The second-order valence-corrected chi connectivity index (χ2v) is 21.3. The topological polar surface area (TPSA) is 139 Å². The minimum atomic E-state index is -3.68. The number of amides is 2.